The normalized spacial score (nSPS) is 10.8. The monoisotopic (exact) mass is 335 g/mol. The maximum absolute atomic E-state index is 12.1. The zero-order chi connectivity index (χ0) is 17.9. The third-order valence-electron chi connectivity index (χ3n) is 3.58. The van der Waals surface area contributed by atoms with Crippen molar-refractivity contribution < 1.29 is 14.3 Å². The second-order valence-electron chi connectivity index (χ2n) is 6.12. The van der Waals surface area contributed by atoms with Gasteiger partial charge in [-0.3, -0.25) is 14.5 Å². The molecule has 0 fully saturated rings. The fourth-order valence-electron chi connectivity index (χ4n) is 2.14. The Hall–Kier alpha value is -2.08. The minimum Gasteiger partial charge on any atom is -0.497 e. The van der Waals surface area contributed by atoms with Gasteiger partial charge in [0.2, 0.25) is 11.8 Å². The first kappa shape index (κ1) is 20.0. The Kier molecular flexibility index (Phi) is 8.86. The SMILES string of the molecule is CCN(CC(=O)NCCC(C)C)CC(=O)Nc1cccc(OC)c1. The number of anilines is 1. The molecule has 0 unspecified atom stereocenters. The molecule has 0 saturated heterocycles. The molecule has 0 aliphatic rings. The van der Waals surface area contributed by atoms with Crippen LogP contribution < -0.4 is 15.4 Å². The van der Waals surface area contributed by atoms with E-state index in [1.165, 1.54) is 0 Å². The molecule has 2 N–H and O–H groups in total. The van der Waals surface area contributed by atoms with E-state index in [1.807, 2.05) is 19.1 Å². The van der Waals surface area contributed by atoms with Crippen LogP contribution in [0.15, 0.2) is 24.3 Å². The Morgan fingerprint density at radius 2 is 1.92 bits per heavy atom. The van der Waals surface area contributed by atoms with E-state index < -0.39 is 0 Å². The van der Waals surface area contributed by atoms with Crippen LogP contribution in [0.25, 0.3) is 0 Å². The van der Waals surface area contributed by atoms with Gasteiger partial charge in [-0.25, -0.2) is 0 Å². The predicted molar refractivity (Wildman–Crippen MR) is 96.2 cm³/mol. The van der Waals surface area contributed by atoms with E-state index in [0.717, 1.165) is 6.42 Å². The van der Waals surface area contributed by atoms with Crippen LogP contribution in [-0.2, 0) is 9.59 Å². The molecule has 134 valence electrons. The molecule has 24 heavy (non-hydrogen) atoms. The Morgan fingerprint density at radius 3 is 2.54 bits per heavy atom. The molecule has 1 aromatic carbocycles. The molecule has 0 saturated carbocycles. The minimum absolute atomic E-state index is 0.0494. The fraction of sp³-hybridized carbons (Fsp3) is 0.556. The van der Waals surface area contributed by atoms with Gasteiger partial charge >= 0.3 is 0 Å². The van der Waals surface area contributed by atoms with Crippen molar-refractivity contribution in [3.8, 4) is 5.75 Å². The standard InChI is InChI=1S/C18H29N3O3/c1-5-21(12-17(22)19-10-9-14(2)3)13-18(23)20-15-7-6-8-16(11-15)24-4/h6-8,11,14H,5,9-10,12-13H2,1-4H3,(H,19,22)(H,20,23). The highest BCUT2D eigenvalue weighted by molar-refractivity contribution is 5.92. The topological polar surface area (TPSA) is 70.7 Å². The molecule has 1 rings (SSSR count). The number of nitrogens with one attached hydrogen (secondary N) is 2. The molecule has 0 aliphatic carbocycles. The number of hydrogen-bond donors (Lipinski definition) is 2. The average molecular weight is 335 g/mol. The summed E-state index contributed by atoms with van der Waals surface area (Å²) >= 11 is 0. The third kappa shape index (κ3) is 7.97. The molecular weight excluding hydrogens is 306 g/mol. The molecule has 2 amide bonds. The maximum Gasteiger partial charge on any atom is 0.238 e. The van der Waals surface area contributed by atoms with Gasteiger partial charge in [0.1, 0.15) is 5.75 Å². The van der Waals surface area contributed by atoms with E-state index in [0.29, 0.717) is 30.4 Å². The molecule has 0 radical (unpaired) electrons. The molecular formula is C18H29N3O3. The van der Waals surface area contributed by atoms with Crippen LogP contribution in [0.5, 0.6) is 5.75 Å². The van der Waals surface area contributed by atoms with E-state index in [9.17, 15) is 9.59 Å². The first-order valence-electron chi connectivity index (χ1n) is 8.37. The summed E-state index contributed by atoms with van der Waals surface area (Å²) in [5.41, 5.74) is 0.678. The summed E-state index contributed by atoms with van der Waals surface area (Å²) in [6.45, 7) is 7.86. The van der Waals surface area contributed by atoms with Crippen LogP contribution in [0.3, 0.4) is 0 Å². The quantitative estimate of drug-likeness (QED) is 0.687. The van der Waals surface area contributed by atoms with E-state index in [4.69, 9.17) is 4.74 Å². The van der Waals surface area contributed by atoms with E-state index >= 15 is 0 Å². The number of rotatable bonds is 10. The summed E-state index contributed by atoms with van der Waals surface area (Å²) in [6.07, 6.45) is 0.953. The van der Waals surface area contributed by atoms with Crippen LogP contribution in [0.4, 0.5) is 5.69 Å². The summed E-state index contributed by atoms with van der Waals surface area (Å²) in [6, 6.07) is 7.19. The van der Waals surface area contributed by atoms with Crippen LogP contribution in [0.2, 0.25) is 0 Å². The Bertz CT molecular complexity index is 532. The summed E-state index contributed by atoms with van der Waals surface area (Å²) < 4.78 is 5.13. The van der Waals surface area contributed by atoms with Crippen LogP contribution in [0, 0.1) is 5.92 Å². The Labute approximate surface area is 144 Å². The Balaban J connectivity index is 2.43. The molecule has 0 aromatic heterocycles. The molecule has 0 spiro atoms. The van der Waals surface area contributed by atoms with E-state index in [1.54, 1.807) is 24.1 Å². The zero-order valence-electron chi connectivity index (χ0n) is 15.1. The van der Waals surface area contributed by atoms with Gasteiger partial charge in [-0.05, 0) is 31.0 Å². The number of benzene rings is 1. The molecule has 0 atom stereocenters. The third-order valence-corrected chi connectivity index (χ3v) is 3.58. The first-order valence-corrected chi connectivity index (χ1v) is 8.37. The highest BCUT2D eigenvalue weighted by Gasteiger charge is 2.13. The largest absolute Gasteiger partial charge is 0.497 e. The molecule has 0 aliphatic heterocycles. The highest BCUT2D eigenvalue weighted by Crippen LogP contribution is 2.16. The van der Waals surface area contributed by atoms with Gasteiger partial charge in [-0.1, -0.05) is 26.8 Å². The van der Waals surface area contributed by atoms with Crippen molar-refractivity contribution >= 4 is 17.5 Å². The number of hydrogen-bond acceptors (Lipinski definition) is 4. The molecule has 1 aromatic rings. The molecule has 0 heterocycles. The maximum atomic E-state index is 12.1. The van der Waals surface area contributed by atoms with Crippen molar-refractivity contribution in [3.05, 3.63) is 24.3 Å². The van der Waals surface area contributed by atoms with Gasteiger partial charge in [0.05, 0.1) is 20.2 Å². The summed E-state index contributed by atoms with van der Waals surface area (Å²) in [4.78, 5) is 25.9. The summed E-state index contributed by atoms with van der Waals surface area (Å²) in [5.74, 6) is 1.04. The van der Waals surface area contributed by atoms with Crippen molar-refractivity contribution in [1.29, 1.82) is 0 Å². The van der Waals surface area contributed by atoms with Crippen LogP contribution >= 0.6 is 0 Å². The van der Waals surface area contributed by atoms with Gasteiger partial charge in [0.25, 0.3) is 0 Å². The lowest BCUT2D eigenvalue weighted by Gasteiger charge is -2.19. The number of nitrogens with zero attached hydrogens (tertiary/aromatic N) is 1. The van der Waals surface area contributed by atoms with Crippen molar-refractivity contribution in [3.63, 3.8) is 0 Å². The van der Waals surface area contributed by atoms with Gasteiger partial charge < -0.3 is 15.4 Å². The number of methoxy groups -OCH3 is 1. The van der Waals surface area contributed by atoms with Crippen molar-refractivity contribution in [2.45, 2.75) is 27.2 Å². The first-order chi connectivity index (χ1) is 11.4. The van der Waals surface area contributed by atoms with E-state index in [2.05, 4.69) is 24.5 Å². The van der Waals surface area contributed by atoms with E-state index in [-0.39, 0.29) is 24.9 Å². The van der Waals surface area contributed by atoms with Crippen LogP contribution in [0.1, 0.15) is 27.2 Å². The number of carbonyl (C=O) groups is 2. The number of amides is 2. The smallest absolute Gasteiger partial charge is 0.238 e. The Morgan fingerprint density at radius 1 is 1.21 bits per heavy atom. The lowest BCUT2D eigenvalue weighted by atomic mass is 10.1. The summed E-state index contributed by atoms with van der Waals surface area (Å²) in [5, 5.41) is 5.71. The van der Waals surface area contributed by atoms with Gasteiger partial charge in [0, 0.05) is 18.3 Å². The van der Waals surface area contributed by atoms with Gasteiger partial charge in [-0.15, -0.1) is 0 Å². The average Bonchev–Trinajstić information content (AvgIpc) is 2.53. The van der Waals surface area contributed by atoms with Crippen molar-refractivity contribution in [2.75, 3.05) is 38.6 Å². The van der Waals surface area contributed by atoms with Gasteiger partial charge in [-0.2, -0.15) is 0 Å². The molecule has 6 heteroatoms. The number of carbonyl (C=O) groups excluding carboxylic acids is 2. The van der Waals surface area contributed by atoms with Crippen molar-refractivity contribution in [2.24, 2.45) is 5.92 Å². The number of ether oxygens (including phenoxy) is 1. The van der Waals surface area contributed by atoms with Gasteiger partial charge in [0.15, 0.2) is 0 Å². The molecule has 0 bridgehead atoms. The molecule has 6 nitrogen and oxygen atoms in total. The van der Waals surface area contributed by atoms with Crippen LogP contribution in [-0.4, -0.2) is 50.0 Å². The lowest BCUT2D eigenvalue weighted by molar-refractivity contribution is -0.123. The highest BCUT2D eigenvalue weighted by atomic mass is 16.5. The van der Waals surface area contributed by atoms with Crippen molar-refractivity contribution in [1.82, 2.24) is 10.2 Å². The summed E-state index contributed by atoms with van der Waals surface area (Å²) in [7, 11) is 1.58. The lowest BCUT2D eigenvalue weighted by Crippen LogP contribution is -2.41. The predicted octanol–water partition coefficient (Wildman–Crippen LogP) is 2.12. The second-order valence-corrected chi connectivity index (χ2v) is 6.12. The second kappa shape index (κ2) is 10.6. The minimum atomic E-state index is -0.153. The zero-order valence-corrected chi connectivity index (χ0v) is 15.1. The fourth-order valence-corrected chi connectivity index (χ4v) is 2.14. The number of likely N-dealkylation sites (N-methyl/N-ethyl adjacent to an activating group) is 1.